The van der Waals surface area contributed by atoms with E-state index >= 15 is 0 Å². The maximum Gasteiger partial charge on any atom is 0.0231 e. The van der Waals surface area contributed by atoms with E-state index in [-0.39, 0.29) is 0 Å². The molecule has 0 fully saturated rings. The molecule has 0 aliphatic carbocycles. The van der Waals surface area contributed by atoms with E-state index in [0.29, 0.717) is 0 Å². The van der Waals surface area contributed by atoms with Crippen molar-refractivity contribution in [3.05, 3.63) is 64.6 Å². The van der Waals surface area contributed by atoms with Gasteiger partial charge in [-0.15, -0.1) is 11.8 Å². The smallest absolute Gasteiger partial charge is 0.0231 e. The van der Waals surface area contributed by atoms with Crippen LogP contribution in [0.1, 0.15) is 5.56 Å². The van der Waals surface area contributed by atoms with Crippen LogP contribution in [0.3, 0.4) is 0 Å². The Kier molecular flexibility index (Phi) is 5.95. The number of hydrogen-bond donors (Lipinski definition) is 0. The summed E-state index contributed by atoms with van der Waals surface area (Å²) in [5.74, 6) is 1.12. The van der Waals surface area contributed by atoms with Crippen LogP contribution in [0.15, 0.2) is 64.0 Å². The molecule has 0 amide bonds. The van der Waals surface area contributed by atoms with Gasteiger partial charge in [0.15, 0.2) is 0 Å². The second-order valence-electron chi connectivity index (χ2n) is 4.53. The van der Waals surface area contributed by atoms with Crippen LogP contribution in [-0.4, -0.2) is 24.2 Å². The van der Waals surface area contributed by atoms with Crippen molar-refractivity contribution in [2.45, 2.75) is 11.4 Å². The van der Waals surface area contributed by atoms with Gasteiger partial charge in [0.05, 0.1) is 0 Å². The van der Waals surface area contributed by atoms with Gasteiger partial charge in [0.25, 0.3) is 0 Å². The van der Waals surface area contributed by atoms with Crippen LogP contribution < -0.4 is 0 Å². The first-order chi connectivity index (χ1) is 9.24. The van der Waals surface area contributed by atoms with Crippen molar-refractivity contribution in [3.63, 3.8) is 0 Å². The lowest BCUT2D eigenvalue weighted by atomic mass is 10.2. The molecular weight excluding hydrogens is 318 g/mol. The first-order valence-electron chi connectivity index (χ1n) is 6.35. The van der Waals surface area contributed by atoms with Gasteiger partial charge >= 0.3 is 0 Å². The molecule has 2 aromatic rings. The average molecular weight is 336 g/mol. The molecule has 0 N–H and O–H groups in total. The van der Waals surface area contributed by atoms with E-state index in [0.717, 1.165) is 23.3 Å². The van der Waals surface area contributed by atoms with Gasteiger partial charge in [-0.3, -0.25) is 0 Å². The summed E-state index contributed by atoms with van der Waals surface area (Å²) in [7, 11) is 2.17. The fraction of sp³-hybridized carbons (Fsp3) is 0.250. The number of nitrogens with zero attached hydrogens (tertiary/aromatic N) is 1. The van der Waals surface area contributed by atoms with Gasteiger partial charge in [0.1, 0.15) is 0 Å². The molecule has 0 aromatic heterocycles. The van der Waals surface area contributed by atoms with Crippen molar-refractivity contribution in [1.82, 2.24) is 4.90 Å². The Balaban J connectivity index is 1.74. The Labute approximate surface area is 128 Å². The summed E-state index contributed by atoms with van der Waals surface area (Å²) >= 11 is 5.42. The molecule has 0 heterocycles. The molecule has 100 valence electrons. The van der Waals surface area contributed by atoms with Gasteiger partial charge in [-0.05, 0) is 36.9 Å². The molecule has 2 rings (SSSR count). The largest absolute Gasteiger partial charge is 0.301 e. The van der Waals surface area contributed by atoms with Crippen molar-refractivity contribution in [3.8, 4) is 0 Å². The highest BCUT2D eigenvalue weighted by Crippen LogP contribution is 2.17. The minimum Gasteiger partial charge on any atom is -0.301 e. The molecule has 0 atom stereocenters. The van der Waals surface area contributed by atoms with E-state index in [1.807, 2.05) is 11.8 Å². The highest BCUT2D eigenvalue weighted by molar-refractivity contribution is 9.10. The zero-order chi connectivity index (χ0) is 13.5. The van der Waals surface area contributed by atoms with E-state index < -0.39 is 0 Å². The monoisotopic (exact) mass is 335 g/mol. The van der Waals surface area contributed by atoms with Crippen molar-refractivity contribution >= 4 is 27.7 Å². The predicted octanol–water partition coefficient (Wildman–Crippen LogP) is 4.67. The summed E-state index contributed by atoms with van der Waals surface area (Å²) in [6, 6.07) is 19.1. The third-order valence-electron chi connectivity index (χ3n) is 2.83. The van der Waals surface area contributed by atoms with Crippen LogP contribution in [0.4, 0.5) is 0 Å². The SMILES string of the molecule is CN(CCSc1ccccc1)Cc1cccc(Br)c1. The molecule has 0 saturated heterocycles. The Morgan fingerprint density at radius 3 is 2.58 bits per heavy atom. The third-order valence-corrected chi connectivity index (χ3v) is 4.31. The molecule has 0 aliphatic heterocycles. The van der Waals surface area contributed by atoms with E-state index in [2.05, 4.69) is 82.5 Å². The van der Waals surface area contributed by atoms with Crippen LogP contribution in [0.25, 0.3) is 0 Å². The Morgan fingerprint density at radius 2 is 1.84 bits per heavy atom. The number of halogens is 1. The Morgan fingerprint density at radius 1 is 1.05 bits per heavy atom. The fourth-order valence-corrected chi connectivity index (χ4v) is 3.30. The molecule has 19 heavy (non-hydrogen) atoms. The molecule has 0 radical (unpaired) electrons. The lowest BCUT2D eigenvalue weighted by Gasteiger charge is -2.16. The van der Waals surface area contributed by atoms with Gasteiger partial charge in [0.2, 0.25) is 0 Å². The van der Waals surface area contributed by atoms with Gasteiger partial charge in [-0.2, -0.15) is 0 Å². The second kappa shape index (κ2) is 7.73. The molecule has 2 aromatic carbocycles. The van der Waals surface area contributed by atoms with Crippen LogP contribution in [0.2, 0.25) is 0 Å². The number of hydrogen-bond acceptors (Lipinski definition) is 2. The lowest BCUT2D eigenvalue weighted by Crippen LogP contribution is -2.20. The average Bonchev–Trinajstić information content (AvgIpc) is 2.40. The van der Waals surface area contributed by atoms with Gasteiger partial charge in [0, 0.05) is 28.2 Å². The third kappa shape index (κ3) is 5.39. The fourth-order valence-electron chi connectivity index (χ4n) is 1.86. The van der Waals surface area contributed by atoms with Crippen LogP contribution in [-0.2, 0) is 6.54 Å². The number of thioether (sulfide) groups is 1. The van der Waals surface area contributed by atoms with E-state index in [1.165, 1.54) is 10.5 Å². The molecule has 0 unspecified atom stereocenters. The van der Waals surface area contributed by atoms with Crippen molar-refractivity contribution in [2.24, 2.45) is 0 Å². The number of benzene rings is 2. The molecule has 0 aliphatic rings. The first-order valence-corrected chi connectivity index (χ1v) is 8.13. The summed E-state index contributed by atoms with van der Waals surface area (Å²) in [6.45, 7) is 2.08. The summed E-state index contributed by atoms with van der Waals surface area (Å²) in [5.41, 5.74) is 1.35. The van der Waals surface area contributed by atoms with E-state index in [9.17, 15) is 0 Å². The summed E-state index contributed by atoms with van der Waals surface area (Å²) in [5, 5.41) is 0. The maximum absolute atomic E-state index is 3.51. The summed E-state index contributed by atoms with van der Waals surface area (Å²) in [6.07, 6.45) is 0. The highest BCUT2D eigenvalue weighted by atomic mass is 79.9. The van der Waals surface area contributed by atoms with E-state index in [4.69, 9.17) is 0 Å². The second-order valence-corrected chi connectivity index (χ2v) is 6.61. The number of rotatable bonds is 6. The van der Waals surface area contributed by atoms with Crippen molar-refractivity contribution in [1.29, 1.82) is 0 Å². The Hall–Kier alpha value is -0.770. The highest BCUT2D eigenvalue weighted by Gasteiger charge is 2.01. The molecule has 1 nitrogen and oxygen atoms in total. The van der Waals surface area contributed by atoms with Gasteiger partial charge in [-0.1, -0.05) is 46.3 Å². The van der Waals surface area contributed by atoms with Crippen molar-refractivity contribution < 1.29 is 0 Å². The Bertz CT molecular complexity index is 501. The molecule has 3 heteroatoms. The minimum atomic E-state index is 0.995. The normalized spacial score (nSPS) is 10.9. The zero-order valence-electron chi connectivity index (χ0n) is 11.1. The molecule has 0 saturated carbocycles. The van der Waals surface area contributed by atoms with Crippen molar-refractivity contribution in [2.75, 3.05) is 19.3 Å². The van der Waals surface area contributed by atoms with E-state index in [1.54, 1.807) is 0 Å². The summed E-state index contributed by atoms with van der Waals surface area (Å²) in [4.78, 5) is 3.70. The molecule has 0 bridgehead atoms. The van der Waals surface area contributed by atoms with Crippen LogP contribution in [0.5, 0.6) is 0 Å². The van der Waals surface area contributed by atoms with Gasteiger partial charge in [-0.25, -0.2) is 0 Å². The summed E-state index contributed by atoms with van der Waals surface area (Å²) < 4.78 is 1.15. The molecule has 0 spiro atoms. The maximum atomic E-state index is 3.51. The predicted molar refractivity (Wildman–Crippen MR) is 87.6 cm³/mol. The quantitative estimate of drug-likeness (QED) is 0.705. The van der Waals surface area contributed by atoms with Gasteiger partial charge < -0.3 is 4.90 Å². The minimum absolute atomic E-state index is 0.995. The van der Waals surface area contributed by atoms with Crippen LogP contribution in [0, 0.1) is 0 Å². The topological polar surface area (TPSA) is 3.24 Å². The van der Waals surface area contributed by atoms with Crippen LogP contribution >= 0.6 is 27.7 Å². The standard InChI is InChI=1S/C16H18BrNS/c1-18(13-14-6-5-7-15(17)12-14)10-11-19-16-8-3-2-4-9-16/h2-9,12H,10-11,13H2,1H3. The first kappa shape index (κ1) is 14.6. The lowest BCUT2D eigenvalue weighted by molar-refractivity contribution is 0.348. The zero-order valence-corrected chi connectivity index (χ0v) is 13.5. The molecular formula is C16H18BrNS.